The number of carbonyl (C=O) groups excluding carboxylic acids is 1. The van der Waals surface area contributed by atoms with E-state index in [1.165, 1.54) is 34.0 Å². The molecule has 0 fully saturated rings. The Kier molecular flexibility index (Phi) is 5.97. The van der Waals surface area contributed by atoms with Crippen LogP contribution in [0.15, 0.2) is 60.7 Å². The fourth-order valence-electron chi connectivity index (χ4n) is 3.60. The second kappa shape index (κ2) is 8.28. The van der Waals surface area contributed by atoms with E-state index in [1.807, 2.05) is 20.8 Å². The number of ether oxygens (including phenoxy) is 1. The van der Waals surface area contributed by atoms with E-state index in [1.54, 1.807) is 12.1 Å². The molecule has 0 aromatic heterocycles. The SMILES string of the molecule is CC1c2cccc3cccc(c23)C1C.CCC(C)(C)C(=O)Oc1ccc(O)cc1. The van der Waals surface area contributed by atoms with Crippen molar-refractivity contribution in [2.45, 2.75) is 52.9 Å². The quantitative estimate of drug-likeness (QED) is 0.395. The first-order chi connectivity index (χ1) is 13.7. The number of hydrogen-bond acceptors (Lipinski definition) is 3. The van der Waals surface area contributed by atoms with Gasteiger partial charge in [-0.2, -0.15) is 0 Å². The lowest BCUT2D eigenvalue weighted by Gasteiger charge is -2.19. The molecule has 152 valence electrons. The van der Waals surface area contributed by atoms with E-state index >= 15 is 0 Å². The van der Waals surface area contributed by atoms with Gasteiger partial charge < -0.3 is 9.84 Å². The van der Waals surface area contributed by atoms with Gasteiger partial charge in [-0.3, -0.25) is 4.79 Å². The Bertz CT molecular complexity index is 959. The smallest absolute Gasteiger partial charge is 0.316 e. The molecule has 0 saturated heterocycles. The second-order valence-electron chi connectivity index (χ2n) is 8.49. The summed E-state index contributed by atoms with van der Waals surface area (Å²) in [5.41, 5.74) is 2.59. The van der Waals surface area contributed by atoms with Gasteiger partial charge in [0.2, 0.25) is 0 Å². The molecule has 0 aliphatic heterocycles. The normalized spacial score (nSPS) is 17.6. The molecule has 0 bridgehead atoms. The minimum Gasteiger partial charge on any atom is -0.508 e. The molecule has 3 aromatic rings. The molecule has 2 atom stereocenters. The Morgan fingerprint density at radius 1 is 0.931 bits per heavy atom. The Morgan fingerprint density at radius 3 is 1.93 bits per heavy atom. The number of benzene rings is 3. The summed E-state index contributed by atoms with van der Waals surface area (Å²) in [6, 6.07) is 19.5. The Balaban J connectivity index is 0.000000166. The van der Waals surface area contributed by atoms with Gasteiger partial charge in [0, 0.05) is 0 Å². The highest BCUT2D eigenvalue weighted by Crippen LogP contribution is 2.45. The zero-order chi connectivity index (χ0) is 21.2. The number of aromatic hydroxyl groups is 1. The van der Waals surface area contributed by atoms with Crippen LogP contribution in [0, 0.1) is 5.41 Å². The average molecular weight is 391 g/mol. The topological polar surface area (TPSA) is 46.5 Å². The van der Waals surface area contributed by atoms with Crippen molar-refractivity contribution in [1.29, 1.82) is 0 Å². The summed E-state index contributed by atoms with van der Waals surface area (Å²) in [6.45, 7) is 10.3. The lowest BCUT2D eigenvalue weighted by atomic mass is 9.91. The predicted octanol–water partition coefficient (Wildman–Crippen LogP) is 6.79. The highest BCUT2D eigenvalue weighted by Gasteiger charge is 2.28. The standard InChI is InChI=1S/C14H14.C12H16O3/c1-9-10(2)13-8-4-6-11-5-3-7-12(9)14(11)13;1-4-12(2,3)11(14)15-10-7-5-9(13)6-8-10/h3-10H,1-2H3;5-8,13H,4H2,1-3H3. The van der Waals surface area contributed by atoms with E-state index in [9.17, 15) is 4.79 Å². The first-order valence-corrected chi connectivity index (χ1v) is 10.3. The van der Waals surface area contributed by atoms with Gasteiger partial charge in [-0.1, -0.05) is 57.2 Å². The monoisotopic (exact) mass is 390 g/mol. The maximum atomic E-state index is 11.7. The van der Waals surface area contributed by atoms with Gasteiger partial charge in [0.05, 0.1) is 5.41 Å². The largest absolute Gasteiger partial charge is 0.508 e. The third-order valence-electron chi connectivity index (χ3n) is 6.18. The molecule has 0 heterocycles. The average Bonchev–Trinajstić information content (AvgIpc) is 2.97. The van der Waals surface area contributed by atoms with Gasteiger partial charge in [-0.15, -0.1) is 0 Å². The van der Waals surface area contributed by atoms with Crippen LogP contribution in [0.25, 0.3) is 10.8 Å². The number of hydrogen-bond donors (Lipinski definition) is 1. The number of rotatable bonds is 3. The number of carbonyl (C=O) groups is 1. The molecule has 0 amide bonds. The molecule has 29 heavy (non-hydrogen) atoms. The van der Waals surface area contributed by atoms with E-state index in [4.69, 9.17) is 9.84 Å². The number of phenolic OH excluding ortho intramolecular Hbond substituents is 1. The van der Waals surface area contributed by atoms with Gasteiger partial charge in [-0.25, -0.2) is 0 Å². The third kappa shape index (κ3) is 4.29. The summed E-state index contributed by atoms with van der Waals surface area (Å²) in [4.78, 5) is 11.7. The van der Waals surface area contributed by atoms with Crippen LogP contribution in [0.3, 0.4) is 0 Å². The predicted molar refractivity (Wildman–Crippen MR) is 119 cm³/mol. The Morgan fingerprint density at radius 2 is 1.45 bits per heavy atom. The van der Waals surface area contributed by atoms with Crippen LogP contribution in [0.5, 0.6) is 11.5 Å². The molecule has 2 unspecified atom stereocenters. The minimum atomic E-state index is -0.474. The van der Waals surface area contributed by atoms with Crippen molar-refractivity contribution in [3.05, 3.63) is 71.8 Å². The van der Waals surface area contributed by atoms with Gasteiger partial charge in [-0.05, 0) is 78.3 Å². The van der Waals surface area contributed by atoms with Crippen LogP contribution in [-0.2, 0) is 4.79 Å². The van der Waals surface area contributed by atoms with Crippen LogP contribution >= 0.6 is 0 Å². The first-order valence-electron chi connectivity index (χ1n) is 10.3. The fraction of sp³-hybridized carbons (Fsp3) is 0.346. The molecular weight excluding hydrogens is 360 g/mol. The summed E-state index contributed by atoms with van der Waals surface area (Å²) in [6.07, 6.45) is 0.726. The van der Waals surface area contributed by atoms with Gasteiger partial charge in [0.1, 0.15) is 11.5 Å². The Hall–Kier alpha value is -2.81. The molecule has 4 rings (SSSR count). The molecule has 1 aliphatic carbocycles. The lowest BCUT2D eigenvalue weighted by Crippen LogP contribution is -2.28. The van der Waals surface area contributed by atoms with Crippen molar-refractivity contribution in [1.82, 2.24) is 0 Å². The molecule has 3 heteroatoms. The molecule has 1 N–H and O–H groups in total. The van der Waals surface area contributed by atoms with Crippen LogP contribution in [-0.4, -0.2) is 11.1 Å². The summed E-state index contributed by atoms with van der Waals surface area (Å²) in [5.74, 6) is 1.71. The van der Waals surface area contributed by atoms with E-state index in [0.717, 1.165) is 6.42 Å². The maximum Gasteiger partial charge on any atom is 0.316 e. The van der Waals surface area contributed by atoms with E-state index in [-0.39, 0.29) is 11.7 Å². The molecular formula is C26H30O3. The summed E-state index contributed by atoms with van der Waals surface area (Å²) >= 11 is 0. The summed E-state index contributed by atoms with van der Waals surface area (Å²) in [5, 5.41) is 12.0. The van der Waals surface area contributed by atoms with Crippen LogP contribution < -0.4 is 4.74 Å². The van der Waals surface area contributed by atoms with Crippen molar-refractivity contribution in [3.63, 3.8) is 0 Å². The van der Waals surface area contributed by atoms with Crippen LogP contribution in [0.2, 0.25) is 0 Å². The van der Waals surface area contributed by atoms with E-state index in [2.05, 4.69) is 50.2 Å². The summed E-state index contributed by atoms with van der Waals surface area (Å²) in [7, 11) is 0. The molecule has 1 aliphatic rings. The molecule has 0 saturated carbocycles. The third-order valence-corrected chi connectivity index (χ3v) is 6.18. The molecule has 3 nitrogen and oxygen atoms in total. The van der Waals surface area contributed by atoms with E-state index in [0.29, 0.717) is 17.6 Å². The van der Waals surface area contributed by atoms with Crippen LogP contribution in [0.1, 0.15) is 64.0 Å². The van der Waals surface area contributed by atoms with Gasteiger partial charge >= 0.3 is 5.97 Å². The van der Waals surface area contributed by atoms with Gasteiger partial charge in [0.25, 0.3) is 0 Å². The zero-order valence-corrected chi connectivity index (χ0v) is 17.9. The minimum absolute atomic E-state index is 0.157. The molecule has 3 aromatic carbocycles. The first kappa shape index (κ1) is 20.9. The van der Waals surface area contributed by atoms with Crippen LogP contribution in [0.4, 0.5) is 0 Å². The highest BCUT2D eigenvalue weighted by atomic mass is 16.5. The molecule has 0 spiro atoms. The Labute approximate surface area is 173 Å². The van der Waals surface area contributed by atoms with Gasteiger partial charge in [0.15, 0.2) is 0 Å². The number of esters is 1. The van der Waals surface area contributed by atoms with E-state index < -0.39 is 5.41 Å². The summed E-state index contributed by atoms with van der Waals surface area (Å²) < 4.78 is 5.18. The maximum absolute atomic E-state index is 11.7. The van der Waals surface area contributed by atoms with Crippen molar-refractivity contribution < 1.29 is 14.6 Å². The highest BCUT2D eigenvalue weighted by molar-refractivity contribution is 5.92. The molecule has 0 radical (unpaired) electrons. The lowest BCUT2D eigenvalue weighted by molar-refractivity contribution is -0.144. The van der Waals surface area contributed by atoms with Crippen molar-refractivity contribution in [2.75, 3.05) is 0 Å². The second-order valence-corrected chi connectivity index (χ2v) is 8.49. The fourth-order valence-corrected chi connectivity index (χ4v) is 3.60. The van der Waals surface area contributed by atoms with Crippen molar-refractivity contribution in [2.24, 2.45) is 5.41 Å². The number of phenols is 1. The zero-order valence-electron chi connectivity index (χ0n) is 17.9. The van der Waals surface area contributed by atoms with Crippen molar-refractivity contribution >= 4 is 16.7 Å². The van der Waals surface area contributed by atoms with Crippen molar-refractivity contribution in [3.8, 4) is 11.5 Å².